The van der Waals surface area contributed by atoms with Gasteiger partial charge in [0, 0.05) is 34.7 Å². The summed E-state index contributed by atoms with van der Waals surface area (Å²) in [6.07, 6.45) is -4.42. The number of nitrogens with one attached hydrogen (secondary N) is 3. The fourth-order valence-corrected chi connectivity index (χ4v) is 5.24. The molecule has 0 aromatic heterocycles. The number of halogens is 8. The second kappa shape index (κ2) is 11.9. The zero-order valence-corrected chi connectivity index (χ0v) is 22.5. The molecule has 0 spiro atoms. The van der Waals surface area contributed by atoms with Crippen molar-refractivity contribution in [3.05, 3.63) is 62.6 Å². The minimum atomic E-state index is -4.94. The monoisotopic (exact) mass is 617 g/mol. The van der Waals surface area contributed by atoms with Gasteiger partial charge in [-0.05, 0) is 54.8 Å². The van der Waals surface area contributed by atoms with E-state index in [1.54, 1.807) is 23.5 Å². The Hall–Kier alpha value is -1.91. The van der Waals surface area contributed by atoms with E-state index in [1.165, 1.54) is 18.2 Å². The van der Waals surface area contributed by atoms with Gasteiger partial charge in [0.2, 0.25) is 5.91 Å². The van der Waals surface area contributed by atoms with Crippen LogP contribution < -0.4 is 16.0 Å². The minimum Gasteiger partial charge on any atom is -0.352 e. The Balaban J connectivity index is 1.55. The summed E-state index contributed by atoms with van der Waals surface area (Å²) >= 11 is 31.0. The molecule has 0 saturated heterocycles. The maximum absolute atomic E-state index is 12.9. The van der Waals surface area contributed by atoms with Crippen molar-refractivity contribution < 1.29 is 27.6 Å². The summed E-state index contributed by atoms with van der Waals surface area (Å²) in [5.74, 6) is -4.42. The Morgan fingerprint density at radius 2 is 1.49 bits per heavy atom. The largest absolute Gasteiger partial charge is 0.471 e. The molecular weight excluding hydrogens is 601 g/mol. The summed E-state index contributed by atoms with van der Waals surface area (Å²) in [6, 6.07) is 9.09. The molecular formula is C23H19Cl5F3N3O3. The van der Waals surface area contributed by atoms with Crippen LogP contribution in [0.1, 0.15) is 34.7 Å². The van der Waals surface area contributed by atoms with Crippen molar-refractivity contribution in [1.29, 1.82) is 0 Å². The van der Waals surface area contributed by atoms with E-state index in [0.717, 1.165) is 0 Å². The molecule has 0 radical (unpaired) electrons. The molecule has 0 unspecified atom stereocenters. The third-order valence-electron chi connectivity index (χ3n) is 5.49. The van der Waals surface area contributed by atoms with E-state index >= 15 is 0 Å². The molecule has 0 aliphatic heterocycles. The van der Waals surface area contributed by atoms with Crippen LogP contribution in [0.3, 0.4) is 0 Å². The maximum atomic E-state index is 12.9. The molecule has 3 N–H and O–H groups in total. The summed E-state index contributed by atoms with van der Waals surface area (Å²) in [5.41, 5.74) is 0.951. The van der Waals surface area contributed by atoms with Gasteiger partial charge in [0.25, 0.3) is 5.91 Å². The maximum Gasteiger partial charge on any atom is 0.471 e. The van der Waals surface area contributed by atoms with Gasteiger partial charge >= 0.3 is 12.1 Å². The molecule has 1 fully saturated rings. The van der Waals surface area contributed by atoms with Crippen LogP contribution in [0.5, 0.6) is 0 Å². The summed E-state index contributed by atoms with van der Waals surface area (Å²) in [4.78, 5) is 36.2. The van der Waals surface area contributed by atoms with Crippen molar-refractivity contribution in [2.45, 2.75) is 29.3 Å². The Morgan fingerprint density at radius 3 is 2.08 bits per heavy atom. The summed E-state index contributed by atoms with van der Waals surface area (Å²) < 4.78 is 35.1. The average Bonchev–Trinajstić information content (AvgIpc) is 3.37. The number of alkyl halides is 5. The first-order valence-electron chi connectivity index (χ1n) is 10.8. The number of amides is 3. The highest BCUT2D eigenvalue weighted by Gasteiger charge is 2.67. The van der Waals surface area contributed by atoms with Crippen LogP contribution >= 0.6 is 58.0 Å². The molecule has 3 amide bonds. The van der Waals surface area contributed by atoms with Crippen molar-refractivity contribution in [1.82, 2.24) is 10.6 Å². The van der Waals surface area contributed by atoms with Gasteiger partial charge in [-0.25, -0.2) is 0 Å². The molecule has 37 heavy (non-hydrogen) atoms. The normalized spacial score (nSPS) is 18.2. The Bertz CT molecular complexity index is 1190. The molecule has 2 aromatic rings. The number of hydrogen-bond acceptors (Lipinski definition) is 3. The van der Waals surface area contributed by atoms with Gasteiger partial charge in [-0.3, -0.25) is 14.4 Å². The van der Waals surface area contributed by atoms with Gasteiger partial charge in [-0.1, -0.05) is 34.8 Å². The van der Waals surface area contributed by atoms with E-state index in [9.17, 15) is 27.6 Å². The van der Waals surface area contributed by atoms with Crippen LogP contribution in [-0.2, 0) is 9.59 Å². The van der Waals surface area contributed by atoms with Crippen molar-refractivity contribution in [3.63, 3.8) is 0 Å². The van der Waals surface area contributed by atoms with Crippen LogP contribution in [0.25, 0.3) is 0 Å². The first-order valence-corrected chi connectivity index (χ1v) is 12.7. The highest BCUT2D eigenvalue weighted by atomic mass is 35.5. The lowest BCUT2D eigenvalue weighted by atomic mass is 10.1. The van der Waals surface area contributed by atoms with Gasteiger partial charge in [0.1, 0.15) is 4.33 Å². The smallest absolute Gasteiger partial charge is 0.352 e. The lowest BCUT2D eigenvalue weighted by Crippen LogP contribution is -2.37. The molecule has 0 heterocycles. The number of unbranched alkanes of at least 4 members (excludes halogenated alkanes) is 1. The van der Waals surface area contributed by atoms with E-state index < -0.39 is 40.1 Å². The van der Waals surface area contributed by atoms with Gasteiger partial charge < -0.3 is 16.0 Å². The average molecular weight is 620 g/mol. The third-order valence-corrected chi connectivity index (χ3v) is 7.20. The quantitative estimate of drug-likeness (QED) is 0.226. The standard InChI is InChI=1S/C23H19Cl5F3N3O3/c24-12-7-11(8-13(25)9-12)17-18(22(17,27)28)20(36)34-14-3-4-16(26)15(10-14)19(35)32-5-1-2-6-33-21(37)23(29,30)31/h3-4,7-10,17-18H,1-2,5-6H2,(H,32,35)(H,33,37)(H,34,36)/t17-,18+/m0/s1. The van der Waals surface area contributed by atoms with Crippen LogP contribution in [0.2, 0.25) is 15.1 Å². The summed E-state index contributed by atoms with van der Waals surface area (Å²) in [6.45, 7) is -0.0662. The Morgan fingerprint density at radius 1 is 0.892 bits per heavy atom. The van der Waals surface area contributed by atoms with Crippen LogP contribution in [0, 0.1) is 5.92 Å². The Labute approximate surface area is 235 Å². The lowest BCUT2D eigenvalue weighted by Gasteiger charge is -2.11. The molecule has 3 rings (SSSR count). The molecule has 0 bridgehead atoms. The predicted octanol–water partition coefficient (Wildman–Crippen LogP) is 6.36. The number of hydrogen-bond donors (Lipinski definition) is 3. The van der Waals surface area contributed by atoms with Gasteiger partial charge in [0.05, 0.1) is 16.5 Å². The fraction of sp³-hybridized carbons (Fsp3) is 0.348. The molecule has 200 valence electrons. The van der Waals surface area contributed by atoms with Gasteiger partial charge in [-0.2, -0.15) is 13.2 Å². The van der Waals surface area contributed by atoms with Crippen molar-refractivity contribution in [2.75, 3.05) is 18.4 Å². The van der Waals surface area contributed by atoms with Crippen molar-refractivity contribution in [2.24, 2.45) is 5.92 Å². The van der Waals surface area contributed by atoms with E-state index in [4.69, 9.17) is 58.0 Å². The molecule has 2 aromatic carbocycles. The van der Waals surface area contributed by atoms with Crippen LogP contribution in [0.15, 0.2) is 36.4 Å². The van der Waals surface area contributed by atoms with Gasteiger partial charge in [-0.15, -0.1) is 23.2 Å². The van der Waals surface area contributed by atoms with Crippen LogP contribution in [-0.4, -0.2) is 41.3 Å². The van der Waals surface area contributed by atoms with E-state index in [1.807, 2.05) is 0 Å². The highest BCUT2D eigenvalue weighted by molar-refractivity contribution is 6.53. The lowest BCUT2D eigenvalue weighted by molar-refractivity contribution is -0.173. The zero-order valence-electron chi connectivity index (χ0n) is 18.7. The highest BCUT2D eigenvalue weighted by Crippen LogP contribution is 2.65. The number of rotatable bonds is 9. The molecule has 1 saturated carbocycles. The first kappa shape index (κ1) is 29.6. The number of benzene rings is 2. The zero-order chi connectivity index (χ0) is 27.5. The SMILES string of the molecule is O=C(NCCCCNC(=O)C(F)(F)F)c1cc(NC(=O)[C@H]2[C@H](c3cc(Cl)cc(Cl)c3)C2(Cl)Cl)ccc1Cl. The number of carbonyl (C=O) groups is 3. The summed E-state index contributed by atoms with van der Waals surface area (Å²) in [7, 11) is 0. The number of carbonyl (C=O) groups excluding carboxylic acids is 3. The van der Waals surface area contributed by atoms with Crippen molar-refractivity contribution >= 4 is 81.4 Å². The topological polar surface area (TPSA) is 87.3 Å². The minimum absolute atomic E-state index is 0.0711. The third kappa shape index (κ3) is 7.57. The first-order chi connectivity index (χ1) is 17.2. The van der Waals surface area contributed by atoms with E-state index in [-0.39, 0.29) is 35.8 Å². The molecule has 2 atom stereocenters. The number of anilines is 1. The fourth-order valence-electron chi connectivity index (χ4n) is 3.67. The van der Waals surface area contributed by atoms with Crippen LogP contribution in [0.4, 0.5) is 18.9 Å². The van der Waals surface area contributed by atoms with Gasteiger partial charge in [0.15, 0.2) is 0 Å². The summed E-state index contributed by atoms with van der Waals surface area (Å²) in [5, 5.41) is 7.87. The molecule has 1 aliphatic rings. The molecule has 1 aliphatic carbocycles. The van der Waals surface area contributed by atoms with E-state index in [0.29, 0.717) is 22.0 Å². The second-order valence-electron chi connectivity index (χ2n) is 8.23. The van der Waals surface area contributed by atoms with E-state index in [2.05, 4.69) is 10.6 Å². The molecule has 6 nitrogen and oxygen atoms in total. The van der Waals surface area contributed by atoms with Crippen molar-refractivity contribution in [3.8, 4) is 0 Å². The predicted molar refractivity (Wildman–Crippen MR) is 138 cm³/mol. The Kier molecular flexibility index (Phi) is 9.51. The second-order valence-corrected chi connectivity index (χ2v) is 11.0. The molecule has 14 heteroatoms.